The number of carbonyl (C=O) groups is 1. The number of nitrogen functional groups attached to an aromatic ring is 1. The number of nitrogens with two attached hydrogens (primary N) is 1. The van der Waals surface area contributed by atoms with E-state index in [9.17, 15) is 9.59 Å². The molecule has 7 nitrogen and oxygen atoms in total. The Morgan fingerprint density at radius 1 is 1.52 bits per heavy atom. The number of carboxylic acids is 1. The fraction of sp³-hybridized carbons (Fsp3) is 0.154. The van der Waals surface area contributed by atoms with Crippen LogP contribution in [0.25, 0.3) is 11.4 Å². The summed E-state index contributed by atoms with van der Waals surface area (Å²) in [6, 6.07) is 4.80. The number of benzene rings is 1. The average molecular weight is 310 g/mol. The molecule has 0 aliphatic rings. The number of H-pyrrole nitrogens is 1. The van der Waals surface area contributed by atoms with Crippen LogP contribution in [0, 0.1) is 0 Å². The van der Waals surface area contributed by atoms with Gasteiger partial charge in [-0.05, 0) is 18.2 Å². The van der Waals surface area contributed by atoms with Crippen LogP contribution in [-0.2, 0) is 11.2 Å². The maximum Gasteiger partial charge on any atom is 0.308 e. The van der Waals surface area contributed by atoms with Crippen LogP contribution >= 0.6 is 11.6 Å². The van der Waals surface area contributed by atoms with Crippen molar-refractivity contribution in [2.75, 3.05) is 12.8 Å². The van der Waals surface area contributed by atoms with Crippen LogP contribution in [-0.4, -0.2) is 28.2 Å². The molecule has 21 heavy (non-hydrogen) atoms. The molecule has 0 aliphatic carbocycles. The lowest BCUT2D eigenvalue weighted by molar-refractivity contribution is -0.136. The zero-order valence-corrected chi connectivity index (χ0v) is 11.8. The standard InChI is InChI=1S/C13H12ClN3O4/c1-21-9-4-6(14)2-3-7(9)12-16-11(15)8(5-10(18)19)13(20)17-12/h2-4H,5H2,1H3,(H,18,19)(H3,15,16,17,20). The number of methoxy groups -OCH3 is 1. The fourth-order valence-corrected chi connectivity index (χ4v) is 1.99. The molecule has 0 saturated heterocycles. The number of ether oxygens (including phenoxy) is 1. The van der Waals surface area contributed by atoms with Crippen molar-refractivity contribution in [2.24, 2.45) is 0 Å². The zero-order valence-electron chi connectivity index (χ0n) is 11.0. The lowest BCUT2D eigenvalue weighted by Gasteiger charge is -2.10. The molecule has 0 spiro atoms. The summed E-state index contributed by atoms with van der Waals surface area (Å²) in [7, 11) is 1.45. The summed E-state index contributed by atoms with van der Waals surface area (Å²) in [5.74, 6) is -0.699. The number of aliphatic carboxylic acids is 1. The number of nitrogens with one attached hydrogen (secondary N) is 1. The number of nitrogens with zero attached hydrogens (tertiary/aromatic N) is 1. The highest BCUT2D eigenvalue weighted by Crippen LogP contribution is 2.30. The molecular weight excluding hydrogens is 298 g/mol. The van der Waals surface area contributed by atoms with E-state index in [0.29, 0.717) is 16.3 Å². The normalized spacial score (nSPS) is 10.4. The Morgan fingerprint density at radius 2 is 2.24 bits per heavy atom. The molecule has 1 aromatic carbocycles. The second-order valence-electron chi connectivity index (χ2n) is 4.19. The van der Waals surface area contributed by atoms with E-state index in [1.807, 2.05) is 0 Å². The Bertz CT molecular complexity index is 758. The van der Waals surface area contributed by atoms with Gasteiger partial charge < -0.3 is 20.6 Å². The van der Waals surface area contributed by atoms with Crippen LogP contribution in [0.1, 0.15) is 5.56 Å². The molecular formula is C13H12ClN3O4. The first-order chi connectivity index (χ1) is 9.92. The average Bonchev–Trinajstić information content (AvgIpc) is 2.42. The molecule has 110 valence electrons. The molecule has 0 saturated carbocycles. The van der Waals surface area contributed by atoms with E-state index in [0.717, 1.165) is 0 Å². The number of hydrogen-bond acceptors (Lipinski definition) is 5. The van der Waals surface area contributed by atoms with Crippen molar-refractivity contribution in [3.05, 3.63) is 39.1 Å². The maximum absolute atomic E-state index is 11.9. The predicted molar refractivity (Wildman–Crippen MR) is 77.6 cm³/mol. The number of rotatable bonds is 4. The third-order valence-corrected chi connectivity index (χ3v) is 3.03. The molecule has 0 unspecified atom stereocenters. The lowest BCUT2D eigenvalue weighted by atomic mass is 10.1. The van der Waals surface area contributed by atoms with Crippen molar-refractivity contribution in [1.82, 2.24) is 9.97 Å². The molecule has 2 aromatic rings. The second kappa shape index (κ2) is 5.84. The second-order valence-corrected chi connectivity index (χ2v) is 4.63. The smallest absolute Gasteiger partial charge is 0.308 e. The molecule has 8 heteroatoms. The van der Waals surface area contributed by atoms with Crippen LogP contribution in [0.4, 0.5) is 5.82 Å². The summed E-state index contributed by atoms with van der Waals surface area (Å²) in [6.45, 7) is 0. The number of anilines is 1. The van der Waals surface area contributed by atoms with Gasteiger partial charge in [-0.3, -0.25) is 9.59 Å². The van der Waals surface area contributed by atoms with Crippen molar-refractivity contribution in [2.45, 2.75) is 6.42 Å². The van der Waals surface area contributed by atoms with Gasteiger partial charge in [-0.15, -0.1) is 0 Å². The topological polar surface area (TPSA) is 118 Å². The number of aromatic amines is 1. The first-order valence-corrected chi connectivity index (χ1v) is 6.24. The van der Waals surface area contributed by atoms with Gasteiger partial charge in [-0.1, -0.05) is 11.6 Å². The van der Waals surface area contributed by atoms with Crippen molar-refractivity contribution in [1.29, 1.82) is 0 Å². The van der Waals surface area contributed by atoms with Gasteiger partial charge in [0.1, 0.15) is 17.4 Å². The number of aromatic nitrogens is 2. The minimum absolute atomic E-state index is 0.0841. The summed E-state index contributed by atoms with van der Waals surface area (Å²) in [5, 5.41) is 9.21. The van der Waals surface area contributed by atoms with Gasteiger partial charge in [0.2, 0.25) is 0 Å². The van der Waals surface area contributed by atoms with Crippen molar-refractivity contribution < 1.29 is 14.6 Å². The molecule has 0 fully saturated rings. The lowest BCUT2D eigenvalue weighted by Crippen LogP contribution is -2.21. The summed E-state index contributed by atoms with van der Waals surface area (Å²) in [6.07, 6.45) is -0.494. The molecule has 1 aromatic heterocycles. The molecule has 0 aliphatic heterocycles. The quantitative estimate of drug-likeness (QED) is 0.783. The van der Waals surface area contributed by atoms with Gasteiger partial charge >= 0.3 is 5.97 Å². The Balaban J connectivity index is 2.57. The predicted octanol–water partition coefficient (Wildman–Crippen LogP) is 1.31. The van der Waals surface area contributed by atoms with Crippen LogP contribution in [0.15, 0.2) is 23.0 Å². The maximum atomic E-state index is 11.9. The molecule has 4 N–H and O–H groups in total. The van der Waals surface area contributed by atoms with E-state index in [1.165, 1.54) is 7.11 Å². The summed E-state index contributed by atoms with van der Waals surface area (Å²) in [5.41, 5.74) is 5.48. The largest absolute Gasteiger partial charge is 0.496 e. The first kappa shape index (κ1) is 14.9. The van der Waals surface area contributed by atoms with E-state index in [4.69, 9.17) is 27.2 Å². The highest BCUT2D eigenvalue weighted by atomic mass is 35.5. The Kier molecular flexibility index (Phi) is 4.13. The molecule has 0 bridgehead atoms. The minimum atomic E-state index is -1.16. The Labute approximate surface area is 124 Å². The molecule has 0 amide bonds. The molecule has 0 atom stereocenters. The van der Waals surface area contributed by atoms with E-state index in [1.54, 1.807) is 18.2 Å². The van der Waals surface area contributed by atoms with Gasteiger partial charge in [0.05, 0.1) is 24.7 Å². The highest BCUT2D eigenvalue weighted by Gasteiger charge is 2.15. The zero-order chi connectivity index (χ0) is 15.6. The molecule has 2 rings (SSSR count). The van der Waals surface area contributed by atoms with Gasteiger partial charge in [-0.2, -0.15) is 0 Å². The van der Waals surface area contributed by atoms with Crippen molar-refractivity contribution in [3.8, 4) is 17.1 Å². The number of halogens is 1. The third kappa shape index (κ3) is 3.14. The van der Waals surface area contributed by atoms with Crippen LogP contribution in [0.2, 0.25) is 5.02 Å². The van der Waals surface area contributed by atoms with Crippen LogP contribution < -0.4 is 16.0 Å². The van der Waals surface area contributed by atoms with Crippen molar-refractivity contribution in [3.63, 3.8) is 0 Å². The third-order valence-electron chi connectivity index (χ3n) is 2.79. The Morgan fingerprint density at radius 3 is 2.81 bits per heavy atom. The van der Waals surface area contributed by atoms with E-state index in [-0.39, 0.29) is 17.2 Å². The monoisotopic (exact) mass is 309 g/mol. The SMILES string of the molecule is COc1cc(Cl)ccc1-c1nc(N)c(CC(=O)O)c(=O)[nH]1. The first-order valence-electron chi connectivity index (χ1n) is 5.86. The van der Waals surface area contributed by atoms with Gasteiger partial charge in [0, 0.05) is 5.02 Å². The summed E-state index contributed by atoms with van der Waals surface area (Å²) < 4.78 is 5.17. The van der Waals surface area contributed by atoms with Gasteiger partial charge in [0.15, 0.2) is 0 Å². The van der Waals surface area contributed by atoms with Crippen molar-refractivity contribution >= 4 is 23.4 Å². The Hall–Kier alpha value is -2.54. The van der Waals surface area contributed by atoms with E-state index >= 15 is 0 Å². The van der Waals surface area contributed by atoms with E-state index < -0.39 is 17.9 Å². The molecule has 0 radical (unpaired) electrons. The number of carboxylic acid groups (broad SMARTS) is 1. The summed E-state index contributed by atoms with van der Waals surface area (Å²) >= 11 is 5.87. The molecule has 1 heterocycles. The minimum Gasteiger partial charge on any atom is -0.496 e. The van der Waals surface area contributed by atoms with Crippen LogP contribution in [0.3, 0.4) is 0 Å². The van der Waals surface area contributed by atoms with E-state index in [2.05, 4.69) is 9.97 Å². The summed E-state index contributed by atoms with van der Waals surface area (Å²) in [4.78, 5) is 29.2. The van der Waals surface area contributed by atoms with Crippen LogP contribution in [0.5, 0.6) is 5.75 Å². The van der Waals surface area contributed by atoms with Gasteiger partial charge in [-0.25, -0.2) is 4.98 Å². The number of hydrogen-bond donors (Lipinski definition) is 3. The van der Waals surface area contributed by atoms with Gasteiger partial charge in [0.25, 0.3) is 5.56 Å². The fourth-order valence-electron chi connectivity index (χ4n) is 1.83. The highest BCUT2D eigenvalue weighted by molar-refractivity contribution is 6.30.